The number of hydrogen-bond donors (Lipinski definition) is 0. The Morgan fingerprint density at radius 2 is 2.04 bits per heavy atom. The molecule has 0 spiro atoms. The van der Waals surface area contributed by atoms with Gasteiger partial charge in [-0.05, 0) is 55.1 Å². The zero-order valence-corrected chi connectivity index (χ0v) is 13.9. The summed E-state index contributed by atoms with van der Waals surface area (Å²) in [4.78, 5) is 6.88. The van der Waals surface area contributed by atoms with Crippen LogP contribution in [0.25, 0.3) is 0 Å². The van der Waals surface area contributed by atoms with Crippen molar-refractivity contribution in [1.82, 2.24) is 9.88 Å². The Labute approximate surface area is 139 Å². The molecule has 2 heterocycles. The van der Waals surface area contributed by atoms with Crippen molar-refractivity contribution in [1.29, 1.82) is 0 Å². The molecule has 0 aliphatic carbocycles. The minimum absolute atomic E-state index is 0.494. The van der Waals surface area contributed by atoms with Crippen LogP contribution in [0, 0.1) is 0 Å². The van der Waals surface area contributed by atoms with E-state index in [-0.39, 0.29) is 0 Å². The van der Waals surface area contributed by atoms with Crippen LogP contribution < -0.4 is 4.74 Å². The number of aromatic nitrogens is 1. The number of pyridine rings is 1. The van der Waals surface area contributed by atoms with Gasteiger partial charge < -0.3 is 4.74 Å². The molecule has 0 amide bonds. The fourth-order valence-corrected chi connectivity index (χ4v) is 3.28. The van der Waals surface area contributed by atoms with E-state index in [0.29, 0.717) is 6.04 Å². The molecule has 0 radical (unpaired) electrons. The van der Waals surface area contributed by atoms with Crippen molar-refractivity contribution in [3.63, 3.8) is 0 Å². The molecule has 0 N–H and O–H groups in total. The average Bonchev–Trinajstić information content (AvgIpc) is 2.62. The predicted octanol–water partition coefficient (Wildman–Crippen LogP) is 4.60. The molecule has 0 unspecified atom stereocenters. The van der Waals surface area contributed by atoms with Gasteiger partial charge in [-0.3, -0.25) is 9.88 Å². The lowest BCUT2D eigenvalue weighted by atomic mass is 9.96. The molecule has 122 valence electrons. The van der Waals surface area contributed by atoms with Crippen molar-refractivity contribution >= 4 is 0 Å². The summed E-state index contributed by atoms with van der Waals surface area (Å²) in [6, 6.07) is 13.3. The van der Waals surface area contributed by atoms with Crippen LogP contribution in [0.1, 0.15) is 49.8 Å². The van der Waals surface area contributed by atoms with Crippen LogP contribution in [0.15, 0.2) is 48.8 Å². The van der Waals surface area contributed by atoms with E-state index in [1.165, 1.54) is 30.4 Å². The average molecular weight is 310 g/mol. The molecule has 0 bridgehead atoms. The first-order valence-electron chi connectivity index (χ1n) is 8.72. The Morgan fingerprint density at radius 3 is 2.78 bits per heavy atom. The van der Waals surface area contributed by atoms with E-state index in [1.807, 2.05) is 18.5 Å². The second-order valence-corrected chi connectivity index (χ2v) is 6.26. The molecule has 1 atom stereocenters. The fourth-order valence-electron chi connectivity index (χ4n) is 3.28. The molecule has 3 heteroatoms. The second kappa shape index (κ2) is 8.11. The van der Waals surface area contributed by atoms with Crippen molar-refractivity contribution in [3.8, 4) is 5.75 Å². The number of hydrogen-bond acceptors (Lipinski definition) is 3. The van der Waals surface area contributed by atoms with Crippen molar-refractivity contribution < 1.29 is 4.74 Å². The summed E-state index contributed by atoms with van der Waals surface area (Å²) in [7, 11) is 0. The number of rotatable bonds is 6. The van der Waals surface area contributed by atoms with Gasteiger partial charge in [-0.2, -0.15) is 0 Å². The van der Waals surface area contributed by atoms with E-state index in [1.54, 1.807) is 0 Å². The maximum atomic E-state index is 5.67. The molecule has 0 saturated carbocycles. The van der Waals surface area contributed by atoms with Crippen molar-refractivity contribution in [3.05, 3.63) is 59.9 Å². The van der Waals surface area contributed by atoms with Crippen LogP contribution in [0.3, 0.4) is 0 Å². The van der Waals surface area contributed by atoms with Gasteiger partial charge in [-0.1, -0.05) is 31.5 Å². The molecule has 23 heavy (non-hydrogen) atoms. The van der Waals surface area contributed by atoms with Crippen molar-refractivity contribution in [2.45, 2.75) is 45.2 Å². The number of ether oxygens (including phenoxy) is 1. The van der Waals surface area contributed by atoms with Crippen LogP contribution >= 0.6 is 0 Å². The van der Waals surface area contributed by atoms with Crippen LogP contribution in [-0.4, -0.2) is 23.0 Å². The highest BCUT2D eigenvalue weighted by Gasteiger charge is 2.23. The topological polar surface area (TPSA) is 25.4 Å². The summed E-state index contributed by atoms with van der Waals surface area (Å²) in [5.74, 6) is 0.970. The summed E-state index contributed by atoms with van der Waals surface area (Å²) in [6.45, 7) is 5.07. The van der Waals surface area contributed by atoms with Gasteiger partial charge in [0.15, 0.2) is 0 Å². The number of piperidine rings is 1. The number of likely N-dealkylation sites (tertiary alicyclic amines) is 1. The Bertz CT molecular complexity index is 582. The molecule has 1 fully saturated rings. The van der Waals surface area contributed by atoms with E-state index in [2.05, 4.69) is 47.1 Å². The van der Waals surface area contributed by atoms with E-state index in [0.717, 1.165) is 31.9 Å². The highest BCUT2D eigenvalue weighted by molar-refractivity contribution is 5.27. The second-order valence-electron chi connectivity index (χ2n) is 6.26. The van der Waals surface area contributed by atoms with Gasteiger partial charge in [-0.25, -0.2) is 0 Å². The summed E-state index contributed by atoms with van der Waals surface area (Å²) in [6.07, 6.45) is 8.73. The van der Waals surface area contributed by atoms with Crippen LogP contribution in [0.5, 0.6) is 5.75 Å². The number of benzene rings is 1. The van der Waals surface area contributed by atoms with Gasteiger partial charge in [0.25, 0.3) is 0 Å². The molecule has 1 aliphatic heterocycles. The first-order chi connectivity index (χ1) is 11.4. The minimum atomic E-state index is 0.494. The van der Waals surface area contributed by atoms with Crippen LogP contribution in [0.2, 0.25) is 0 Å². The van der Waals surface area contributed by atoms with Gasteiger partial charge >= 0.3 is 0 Å². The lowest BCUT2D eigenvalue weighted by Crippen LogP contribution is -2.32. The Morgan fingerprint density at radius 1 is 1.17 bits per heavy atom. The molecule has 1 aromatic carbocycles. The largest absolute Gasteiger partial charge is 0.494 e. The van der Waals surface area contributed by atoms with E-state index in [9.17, 15) is 0 Å². The summed E-state index contributed by atoms with van der Waals surface area (Å²) < 4.78 is 5.67. The molecule has 1 aliphatic rings. The molecule has 1 aromatic heterocycles. The SMILES string of the molecule is CCCOc1ccc(CN2CCCC[C@H]2c2cccnc2)cc1. The standard InChI is InChI=1S/C20H26N2O/c1-2-14-23-19-10-8-17(9-11-19)16-22-13-4-3-7-20(22)18-6-5-12-21-15-18/h5-6,8-12,15,20H,2-4,7,13-14,16H2,1H3/t20-/m0/s1. The smallest absolute Gasteiger partial charge is 0.119 e. The Hall–Kier alpha value is -1.87. The van der Waals surface area contributed by atoms with Crippen molar-refractivity contribution in [2.24, 2.45) is 0 Å². The predicted molar refractivity (Wildman–Crippen MR) is 93.5 cm³/mol. The molecular formula is C20H26N2O. The van der Waals surface area contributed by atoms with E-state index >= 15 is 0 Å². The fraction of sp³-hybridized carbons (Fsp3) is 0.450. The monoisotopic (exact) mass is 310 g/mol. The quantitative estimate of drug-likeness (QED) is 0.780. The zero-order chi connectivity index (χ0) is 15.9. The third-order valence-electron chi connectivity index (χ3n) is 4.46. The highest BCUT2D eigenvalue weighted by atomic mass is 16.5. The van der Waals surface area contributed by atoms with Crippen LogP contribution in [-0.2, 0) is 6.54 Å². The maximum Gasteiger partial charge on any atom is 0.119 e. The normalized spacial score (nSPS) is 18.7. The third kappa shape index (κ3) is 4.32. The van der Waals surface area contributed by atoms with Gasteiger partial charge in [0, 0.05) is 25.0 Å². The Kier molecular flexibility index (Phi) is 5.65. The highest BCUT2D eigenvalue weighted by Crippen LogP contribution is 2.31. The molecule has 2 aromatic rings. The lowest BCUT2D eigenvalue weighted by Gasteiger charge is -2.36. The summed E-state index contributed by atoms with van der Waals surface area (Å²) >= 11 is 0. The van der Waals surface area contributed by atoms with E-state index in [4.69, 9.17) is 4.74 Å². The maximum absolute atomic E-state index is 5.67. The van der Waals surface area contributed by atoms with E-state index < -0.39 is 0 Å². The molecule has 3 rings (SSSR count). The van der Waals surface area contributed by atoms with Gasteiger partial charge in [0.2, 0.25) is 0 Å². The molecular weight excluding hydrogens is 284 g/mol. The van der Waals surface area contributed by atoms with Gasteiger partial charge in [-0.15, -0.1) is 0 Å². The van der Waals surface area contributed by atoms with Gasteiger partial charge in [0.05, 0.1) is 6.61 Å². The van der Waals surface area contributed by atoms with Crippen molar-refractivity contribution in [2.75, 3.05) is 13.2 Å². The van der Waals surface area contributed by atoms with Gasteiger partial charge in [0.1, 0.15) is 5.75 Å². The first kappa shape index (κ1) is 16.0. The third-order valence-corrected chi connectivity index (χ3v) is 4.46. The summed E-state index contributed by atoms with van der Waals surface area (Å²) in [5.41, 5.74) is 2.69. The lowest BCUT2D eigenvalue weighted by molar-refractivity contribution is 0.140. The van der Waals surface area contributed by atoms with Crippen LogP contribution in [0.4, 0.5) is 0 Å². The Balaban J connectivity index is 1.67. The zero-order valence-electron chi connectivity index (χ0n) is 13.9. The first-order valence-corrected chi connectivity index (χ1v) is 8.72. The summed E-state index contributed by atoms with van der Waals surface area (Å²) in [5, 5.41) is 0. The molecule has 3 nitrogen and oxygen atoms in total. The number of nitrogens with zero attached hydrogens (tertiary/aromatic N) is 2. The molecule has 1 saturated heterocycles. The minimum Gasteiger partial charge on any atom is -0.494 e.